The molecule has 4 heteroatoms. The minimum atomic E-state index is -0.766. The van der Waals surface area contributed by atoms with Gasteiger partial charge in [-0.05, 0) is 49.1 Å². The second kappa shape index (κ2) is 21.9. The van der Waals surface area contributed by atoms with Crippen molar-refractivity contribution in [1.82, 2.24) is 9.97 Å². The highest BCUT2D eigenvalue weighted by Crippen LogP contribution is 2.21. The third-order valence-corrected chi connectivity index (χ3v) is 7.46. The molecule has 0 saturated carbocycles. The van der Waals surface area contributed by atoms with Gasteiger partial charge in [-0.25, -0.2) is 14.4 Å². The lowest BCUT2D eigenvalue weighted by atomic mass is 10.0. The number of aryl methyl sites for hydroxylation is 1. The Bertz CT molecular complexity index is 793. The van der Waals surface area contributed by atoms with Crippen molar-refractivity contribution in [3.63, 3.8) is 0 Å². The topological polar surface area (TPSA) is 35.0 Å². The largest absolute Gasteiger partial charge is 0.493 e. The summed E-state index contributed by atoms with van der Waals surface area (Å²) in [5.74, 6) is 1.51. The highest BCUT2D eigenvalue weighted by atomic mass is 19.1. The van der Waals surface area contributed by atoms with Crippen molar-refractivity contribution < 1.29 is 9.13 Å². The number of halogens is 1. The SMILES string of the molecule is CCCCCCCCCCCCCCc1cnc(-c2ccc(OCCC(F)CCCCCCC)cc2)nc1. The van der Waals surface area contributed by atoms with Crippen molar-refractivity contribution in [2.24, 2.45) is 0 Å². The first-order chi connectivity index (χ1) is 18.7. The molecule has 1 heterocycles. The number of alkyl halides is 1. The van der Waals surface area contributed by atoms with Crippen LogP contribution in [0.2, 0.25) is 0 Å². The maximum atomic E-state index is 14.0. The van der Waals surface area contributed by atoms with Gasteiger partial charge in [0.05, 0.1) is 6.61 Å². The van der Waals surface area contributed by atoms with E-state index in [1.54, 1.807) is 0 Å². The van der Waals surface area contributed by atoms with Gasteiger partial charge in [-0.2, -0.15) is 0 Å². The molecule has 0 spiro atoms. The van der Waals surface area contributed by atoms with Crippen molar-refractivity contribution in [2.45, 2.75) is 148 Å². The monoisotopic (exact) mass is 526 g/mol. The van der Waals surface area contributed by atoms with E-state index in [0.717, 1.165) is 36.4 Å². The number of nitrogens with zero attached hydrogens (tertiary/aromatic N) is 2. The van der Waals surface area contributed by atoms with E-state index in [4.69, 9.17) is 4.74 Å². The predicted octanol–water partition coefficient (Wildman–Crippen LogP) is 10.9. The summed E-state index contributed by atoms with van der Waals surface area (Å²) in [6.45, 7) is 4.90. The van der Waals surface area contributed by atoms with Gasteiger partial charge in [0.25, 0.3) is 0 Å². The average Bonchev–Trinajstić information content (AvgIpc) is 2.94. The van der Waals surface area contributed by atoms with E-state index in [-0.39, 0.29) is 0 Å². The molecule has 0 bridgehead atoms. The van der Waals surface area contributed by atoms with E-state index >= 15 is 0 Å². The van der Waals surface area contributed by atoms with Gasteiger partial charge in [0.1, 0.15) is 11.9 Å². The molecule has 2 aromatic rings. The Hall–Kier alpha value is -1.97. The molecule has 2 rings (SSSR count). The van der Waals surface area contributed by atoms with Crippen LogP contribution in [0.15, 0.2) is 36.7 Å². The number of hydrogen-bond donors (Lipinski definition) is 0. The first-order valence-corrected chi connectivity index (χ1v) is 15.9. The molecule has 1 aromatic heterocycles. The third kappa shape index (κ3) is 15.4. The molecule has 0 radical (unpaired) electrons. The third-order valence-electron chi connectivity index (χ3n) is 7.46. The van der Waals surface area contributed by atoms with E-state index in [2.05, 4.69) is 23.8 Å². The molecule has 0 N–H and O–H groups in total. The number of benzene rings is 1. The van der Waals surface area contributed by atoms with Gasteiger partial charge in [-0.15, -0.1) is 0 Å². The number of rotatable bonds is 24. The van der Waals surface area contributed by atoms with Gasteiger partial charge in [0.2, 0.25) is 0 Å². The molecule has 1 unspecified atom stereocenters. The van der Waals surface area contributed by atoms with Gasteiger partial charge in [-0.1, -0.05) is 117 Å². The van der Waals surface area contributed by atoms with Crippen LogP contribution in [-0.4, -0.2) is 22.7 Å². The molecule has 1 aromatic carbocycles. The molecule has 0 aliphatic carbocycles. The Balaban J connectivity index is 1.54. The zero-order valence-electron chi connectivity index (χ0n) is 24.6. The van der Waals surface area contributed by atoms with Crippen LogP contribution in [0.4, 0.5) is 4.39 Å². The van der Waals surface area contributed by atoms with E-state index in [9.17, 15) is 4.39 Å². The van der Waals surface area contributed by atoms with Crippen molar-refractivity contribution in [3.8, 4) is 17.1 Å². The van der Waals surface area contributed by atoms with Crippen LogP contribution in [0.25, 0.3) is 11.4 Å². The van der Waals surface area contributed by atoms with Gasteiger partial charge in [-0.3, -0.25) is 0 Å². The summed E-state index contributed by atoms with van der Waals surface area (Å²) in [7, 11) is 0. The zero-order chi connectivity index (χ0) is 27.1. The Morgan fingerprint density at radius 2 is 1.13 bits per heavy atom. The molecule has 38 heavy (non-hydrogen) atoms. The van der Waals surface area contributed by atoms with Crippen LogP contribution in [0.1, 0.15) is 141 Å². The minimum Gasteiger partial charge on any atom is -0.493 e. The molecule has 0 fully saturated rings. The zero-order valence-corrected chi connectivity index (χ0v) is 24.6. The van der Waals surface area contributed by atoms with E-state index in [0.29, 0.717) is 19.4 Å². The van der Waals surface area contributed by atoms with Crippen LogP contribution >= 0.6 is 0 Å². The Morgan fingerprint density at radius 3 is 1.68 bits per heavy atom. The van der Waals surface area contributed by atoms with Crippen LogP contribution in [-0.2, 0) is 6.42 Å². The lowest BCUT2D eigenvalue weighted by molar-refractivity contribution is 0.222. The predicted molar refractivity (Wildman–Crippen MR) is 161 cm³/mol. The van der Waals surface area contributed by atoms with Gasteiger partial charge < -0.3 is 4.74 Å². The fraction of sp³-hybridized carbons (Fsp3) is 0.706. The second-order valence-electron chi connectivity index (χ2n) is 11.0. The fourth-order valence-corrected chi connectivity index (χ4v) is 4.92. The minimum absolute atomic E-state index is 0.416. The van der Waals surface area contributed by atoms with E-state index in [1.165, 1.54) is 102 Å². The fourth-order valence-electron chi connectivity index (χ4n) is 4.92. The standard InChI is InChI=1S/C34H55FN2O/c1-3-5-7-9-10-11-12-13-14-15-17-18-20-30-28-36-34(37-29-30)31-22-24-33(25-23-31)38-27-26-32(35)21-19-16-8-6-4-2/h22-25,28-29,32H,3-21,26-27H2,1-2H3. The normalized spacial score (nSPS) is 12.1. The lowest BCUT2D eigenvalue weighted by Gasteiger charge is -2.10. The van der Waals surface area contributed by atoms with E-state index < -0.39 is 6.17 Å². The Kier molecular flexibility index (Phi) is 18.6. The highest BCUT2D eigenvalue weighted by molar-refractivity contribution is 5.55. The summed E-state index contributed by atoms with van der Waals surface area (Å²) < 4.78 is 19.8. The molecule has 3 nitrogen and oxygen atoms in total. The summed E-state index contributed by atoms with van der Waals surface area (Å²) in [6, 6.07) is 7.82. The molecule has 1 atom stereocenters. The number of aromatic nitrogens is 2. The lowest BCUT2D eigenvalue weighted by Crippen LogP contribution is -2.07. The first-order valence-electron chi connectivity index (χ1n) is 15.9. The van der Waals surface area contributed by atoms with Gasteiger partial charge in [0, 0.05) is 24.4 Å². The average molecular weight is 527 g/mol. The quantitative estimate of drug-likeness (QED) is 0.128. The molecular formula is C34H55FN2O. The maximum absolute atomic E-state index is 14.0. The molecule has 214 valence electrons. The van der Waals surface area contributed by atoms with E-state index in [1.807, 2.05) is 36.7 Å². The summed E-state index contributed by atoms with van der Waals surface area (Å²) in [4.78, 5) is 9.17. The first kappa shape index (κ1) is 32.2. The summed E-state index contributed by atoms with van der Waals surface area (Å²) in [6.07, 6.45) is 27.6. The van der Waals surface area contributed by atoms with Crippen LogP contribution in [0, 0.1) is 0 Å². The molecule has 0 aliphatic heterocycles. The number of hydrogen-bond acceptors (Lipinski definition) is 3. The van der Waals surface area contributed by atoms with Crippen LogP contribution in [0.3, 0.4) is 0 Å². The van der Waals surface area contributed by atoms with Crippen molar-refractivity contribution in [1.29, 1.82) is 0 Å². The summed E-state index contributed by atoms with van der Waals surface area (Å²) in [5, 5.41) is 0. The maximum Gasteiger partial charge on any atom is 0.159 e. The number of unbranched alkanes of at least 4 members (excludes halogenated alkanes) is 15. The molecule has 0 saturated heterocycles. The Morgan fingerprint density at radius 1 is 0.632 bits per heavy atom. The van der Waals surface area contributed by atoms with Crippen LogP contribution in [0.5, 0.6) is 5.75 Å². The van der Waals surface area contributed by atoms with Crippen molar-refractivity contribution in [3.05, 3.63) is 42.2 Å². The molecule has 0 aliphatic rings. The summed E-state index contributed by atoms with van der Waals surface area (Å²) >= 11 is 0. The molecular weight excluding hydrogens is 471 g/mol. The Labute approximate surface area is 233 Å². The van der Waals surface area contributed by atoms with Crippen molar-refractivity contribution in [2.75, 3.05) is 6.61 Å². The highest BCUT2D eigenvalue weighted by Gasteiger charge is 2.07. The van der Waals surface area contributed by atoms with Crippen molar-refractivity contribution >= 4 is 0 Å². The summed E-state index contributed by atoms with van der Waals surface area (Å²) in [5.41, 5.74) is 2.19. The van der Waals surface area contributed by atoms with Gasteiger partial charge in [0.15, 0.2) is 5.82 Å². The second-order valence-corrected chi connectivity index (χ2v) is 11.0. The smallest absolute Gasteiger partial charge is 0.159 e. The van der Waals surface area contributed by atoms with Gasteiger partial charge >= 0.3 is 0 Å². The number of ether oxygens (including phenoxy) is 1. The molecule has 0 amide bonds. The van der Waals surface area contributed by atoms with Crippen LogP contribution < -0.4 is 4.74 Å².